The number of nitrogens with zero attached hydrogens (tertiary/aromatic N) is 2. The van der Waals surface area contributed by atoms with Crippen LogP contribution in [-0.2, 0) is 10.2 Å². The van der Waals surface area contributed by atoms with Crippen molar-refractivity contribution in [3.05, 3.63) is 24.5 Å². The molecule has 1 aliphatic rings. The summed E-state index contributed by atoms with van der Waals surface area (Å²) in [6.45, 7) is 7.51. The number of aliphatic carboxylic acids is 1. The molecule has 0 spiro atoms. The van der Waals surface area contributed by atoms with Gasteiger partial charge in [-0.2, -0.15) is 5.10 Å². The molecule has 0 saturated heterocycles. The van der Waals surface area contributed by atoms with E-state index in [1.54, 1.807) is 18.6 Å². The van der Waals surface area contributed by atoms with Crippen LogP contribution < -0.4 is 0 Å². The maximum absolute atomic E-state index is 11.3. The third-order valence-corrected chi connectivity index (χ3v) is 3.38. The molecule has 15 heavy (non-hydrogen) atoms. The smallest absolute Gasteiger partial charge is 0.314 e. The molecule has 80 valence electrons. The van der Waals surface area contributed by atoms with Gasteiger partial charge in [0, 0.05) is 18.0 Å². The molecule has 0 aliphatic heterocycles. The Hall–Kier alpha value is -1.58. The lowest BCUT2D eigenvalue weighted by molar-refractivity contribution is -0.141. The van der Waals surface area contributed by atoms with Gasteiger partial charge in [0.2, 0.25) is 0 Å². The fourth-order valence-electron chi connectivity index (χ4n) is 2.26. The fraction of sp³-hybridized carbons (Fsp3) is 0.455. The second-order valence-corrected chi connectivity index (χ2v) is 4.66. The van der Waals surface area contributed by atoms with Crippen molar-refractivity contribution in [1.29, 1.82) is 0 Å². The Kier molecular flexibility index (Phi) is 1.80. The standard InChI is InChI=1S/C11H14N2O2/c1-4-13-6-8(5-12-13)11(9(14)15)7-10(11,2)3/h4-6H,1,7H2,2-3H3,(H,14,15). The van der Waals surface area contributed by atoms with Crippen molar-refractivity contribution < 1.29 is 9.90 Å². The topological polar surface area (TPSA) is 55.1 Å². The highest BCUT2D eigenvalue weighted by Gasteiger charge is 2.68. The third kappa shape index (κ3) is 1.14. The van der Waals surface area contributed by atoms with Crippen LogP contribution in [0.2, 0.25) is 0 Å². The summed E-state index contributed by atoms with van der Waals surface area (Å²) >= 11 is 0. The quantitative estimate of drug-likeness (QED) is 0.819. The minimum Gasteiger partial charge on any atom is -0.481 e. The second-order valence-electron chi connectivity index (χ2n) is 4.66. The van der Waals surface area contributed by atoms with Crippen LogP contribution >= 0.6 is 0 Å². The van der Waals surface area contributed by atoms with Crippen LogP contribution in [0.1, 0.15) is 25.8 Å². The van der Waals surface area contributed by atoms with Crippen LogP contribution in [0.25, 0.3) is 6.20 Å². The van der Waals surface area contributed by atoms with Crippen LogP contribution in [0.3, 0.4) is 0 Å². The summed E-state index contributed by atoms with van der Waals surface area (Å²) in [6, 6.07) is 0. The maximum atomic E-state index is 11.3. The molecule has 1 atom stereocenters. The highest BCUT2D eigenvalue weighted by atomic mass is 16.4. The van der Waals surface area contributed by atoms with Gasteiger partial charge in [0.1, 0.15) is 5.41 Å². The lowest BCUT2D eigenvalue weighted by Crippen LogP contribution is -2.25. The zero-order valence-electron chi connectivity index (χ0n) is 8.90. The van der Waals surface area contributed by atoms with Crippen LogP contribution in [-0.4, -0.2) is 20.9 Å². The van der Waals surface area contributed by atoms with Crippen molar-refractivity contribution >= 4 is 12.2 Å². The Morgan fingerprint density at radius 2 is 2.33 bits per heavy atom. The van der Waals surface area contributed by atoms with Crippen molar-refractivity contribution in [3.8, 4) is 0 Å². The molecule has 0 radical (unpaired) electrons. The number of rotatable bonds is 3. The Balaban J connectivity index is 2.45. The van der Waals surface area contributed by atoms with Crippen LogP contribution in [0.15, 0.2) is 19.0 Å². The molecule has 1 fully saturated rings. The van der Waals surface area contributed by atoms with Crippen molar-refractivity contribution in [2.75, 3.05) is 0 Å². The lowest BCUT2D eigenvalue weighted by atomic mass is 9.90. The SMILES string of the molecule is C=Cn1cc(C2(C(=O)O)CC2(C)C)cn1. The van der Waals surface area contributed by atoms with E-state index in [0.717, 1.165) is 5.56 Å². The molecule has 1 saturated carbocycles. The maximum Gasteiger partial charge on any atom is 0.314 e. The van der Waals surface area contributed by atoms with Crippen LogP contribution in [0, 0.1) is 5.41 Å². The Labute approximate surface area is 88.2 Å². The van der Waals surface area contributed by atoms with Gasteiger partial charge in [-0.1, -0.05) is 20.4 Å². The number of carboxylic acid groups (broad SMARTS) is 1. The number of aromatic nitrogens is 2. The van der Waals surface area contributed by atoms with Crippen molar-refractivity contribution in [2.45, 2.75) is 25.7 Å². The van der Waals surface area contributed by atoms with E-state index in [0.29, 0.717) is 6.42 Å². The Bertz CT molecular complexity index is 434. The number of carbonyl (C=O) groups is 1. The molecule has 1 unspecified atom stereocenters. The summed E-state index contributed by atoms with van der Waals surface area (Å²) in [6.07, 6.45) is 5.56. The molecule has 1 aromatic heterocycles. The first kappa shape index (κ1) is 9.96. The number of carboxylic acids is 1. The fourth-order valence-corrected chi connectivity index (χ4v) is 2.26. The largest absolute Gasteiger partial charge is 0.481 e. The van der Waals surface area contributed by atoms with Gasteiger partial charge in [-0.3, -0.25) is 4.79 Å². The molecule has 1 aromatic rings. The molecule has 0 aromatic carbocycles. The first-order chi connectivity index (χ1) is 6.94. The van der Waals surface area contributed by atoms with Gasteiger partial charge >= 0.3 is 5.97 Å². The molecule has 4 nitrogen and oxygen atoms in total. The molecule has 1 heterocycles. The molecule has 1 N–H and O–H groups in total. The second kappa shape index (κ2) is 2.72. The Morgan fingerprint density at radius 3 is 2.67 bits per heavy atom. The van der Waals surface area contributed by atoms with Gasteiger partial charge in [-0.25, -0.2) is 4.68 Å². The average molecular weight is 206 g/mol. The molecule has 2 rings (SSSR count). The van der Waals surface area contributed by atoms with Crippen molar-refractivity contribution in [2.24, 2.45) is 5.41 Å². The zero-order valence-corrected chi connectivity index (χ0v) is 8.90. The van der Waals surface area contributed by atoms with Gasteiger partial charge in [-0.05, 0) is 11.8 Å². The minimum atomic E-state index is -0.767. The van der Waals surface area contributed by atoms with Gasteiger partial charge in [0.05, 0.1) is 6.20 Å². The van der Waals surface area contributed by atoms with E-state index in [1.165, 1.54) is 4.68 Å². The molecular weight excluding hydrogens is 192 g/mol. The van der Waals surface area contributed by atoms with Gasteiger partial charge in [0.15, 0.2) is 0 Å². The highest BCUT2D eigenvalue weighted by Crippen LogP contribution is 2.64. The number of hydrogen-bond acceptors (Lipinski definition) is 2. The first-order valence-corrected chi connectivity index (χ1v) is 4.85. The zero-order chi connectivity index (χ0) is 11.3. The third-order valence-electron chi connectivity index (χ3n) is 3.38. The molecular formula is C11H14N2O2. The monoisotopic (exact) mass is 206 g/mol. The predicted octanol–water partition coefficient (Wildman–Crippen LogP) is 1.74. The summed E-state index contributed by atoms with van der Waals surface area (Å²) in [5.41, 5.74) is -0.179. The minimum absolute atomic E-state index is 0.187. The average Bonchev–Trinajstić information content (AvgIpc) is 2.60. The van der Waals surface area contributed by atoms with E-state index in [4.69, 9.17) is 0 Å². The van der Waals surface area contributed by atoms with E-state index in [2.05, 4.69) is 11.7 Å². The first-order valence-electron chi connectivity index (χ1n) is 4.85. The highest BCUT2D eigenvalue weighted by molar-refractivity contribution is 5.86. The lowest BCUT2D eigenvalue weighted by Gasteiger charge is -2.12. The van der Waals surface area contributed by atoms with Gasteiger partial charge in [-0.15, -0.1) is 0 Å². The predicted molar refractivity (Wildman–Crippen MR) is 56.3 cm³/mol. The van der Waals surface area contributed by atoms with E-state index < -0.39 is 11.4 Å². The molecule has 4 heteroatoms. The van der Waals surface area contributed by atoms with E-state index >= 15 is 0 Å². The summed E-state index contributed by atoms with van der Waals surface area (Å²) in [5, 5.41) is 13.3. The Morgan fingerprint density at radius 1 is 1.73 bits per heavy atom. The van der Waals surface area contributed by atoms with E-state index in [-0.39, 0.29) is 5.41 Å². The van der Waals surface area contributed by atoms with Crippen molar-refractivity contribution in [3.63, 3.8) is 0 Å². The van der Waals surface area contributed by atoms with E-state index in [1.807, 2.05) is 13.8 Å². The van der Waals surface area contributed by atoms with Crippen LogP contribution in [0.5, 0.6) is 0 Å². The summed E-state index contributed by atoms with van der Waals surface area (Å²) in [4.78, 5) is 11.3. The molecule has 0 bridgehead atoms. The van der Waals surface area contributed by atoms with Gasteiger partial charge in [0.25, 0.3) is 0 Å². The van der Waals surface area contributed by atoms with Gasteiger partial charge < -0.3 is 5.11 Å². The van der Waals surface area contributed by atoms with Crippen molar-refractivity contribution in [1.82, 2.24) is 9.78 Å². The summed E-state index contributed by atoms with van der Waals surface area (Å²) in [5.74, 6) is -0.767. The summed E-state index contributed by atoms with van der Waals surface area (Å²) < 4.78 is 1.54. The number of hydrogen-bond donors (Lipinski definition) is 1. The molecule has 0 amide bonds. The molecule has 1 aliphatic carbocycles. The normalized spacial score (nSPS) is 27.3. The van der Waals surface area contributed by atoms with Crippen LogP contribution in [0.4, 0.5) is 0 Å². The van der Waals surface area contributed by atoms with E-state index in [9.17, 15) is 9.90 Å². The summed E-state index contributed by atoms with van der Waals surface area (Å²) in [7, 11) is 0.